The number of nitrogens with one attached hydrogen (secondary N) is 1. The van der Waals surface area contributed by atoms with Crippen LogP contribution >= 0.6 is 0 Å². The first-order valence-electron chi connectivity index (χ1n) is 12.4. The summed E-state index contributed by atoms with van der Waals surface area (Å²) in [5, 5.41) is 8.20. The predicted octanol–water partition coefficient (Wildman–Crippen LogP) is 7.96. The Hall–Kier alpha value is -2.96. The third-order valence-electron chi connectivity index (χ3n) is 5.46. The van der Waals surface area contributed by atoms with E-state index in [1.165, 1.54) is 12.2 Å². The summed E-state index contributed by atoms with van der Waals surface area (Å²) in [5.41, 5.74) is 2.32. The fourth-order valence-electron chi connectivity index (χ4n) is 3.96. The first kappa shape index (κ1) is 28.3. The molecule has 0 amide bonds. The molecule has 35 heavy (non-hydrogen) atoms. The van der Waals surface area contributed by atoms with E-state index in [2.05, 4.69) is 17.3 Å². The summed E-state index contributed by atoms with van der Waals surface area (Å²) < 4.78 is 48.0. The second-order valence-corrected chi connectivity index (χ2v) is 8.34. The van der Waals surface area contributed by atoms with Gasteiger partial charge in [-0.15, -0.1) is 0 Å². The Morgan fingerprint density at radius 3 is 2.57 bits per heavy atom. The minimum absolute atomic E-state index is 0.0346. The summed E-state index contributed by atoms with van der Waals surface area (Å²) in [6, 6.07) is 1.94. The summed E-state index contributed by atoms with van der Waals surface area (Å²) in [5.74, 6) is 0.845. The van der Waals surface area contributed by atoms with Gasteiger partial charge in [-0.1, -0.05) is 38.2 Å². The smallest absolute Gasteiger partial charge is 0.416 e. The SMILES string of the molecule is C\C=C/C(=C\C(=C\CC)C(F)(F)F)c1cc2n(n1)CCCC2N/C(C)=C/C=C\C(=C\CC)OCC. The van der Waals surface area contributed by atoms with E-state index in [-0.39, 0.29) is 6.04 Å². The lowest BCUT2D eigenvalue weighted by Crippen LogP contribution is -2.26. The monoisotopic (exact) mass is 489 g/mol. The van der Waals surface area contributed by atoms with Crippen LogP contribution in [0.5, 0.6) is 0 Å². The quantitative estimate of drug-likeness (QED) is 0.253. The highest BCUT2D eigenvalue weighted by molar-refractivity contribution is 5.74. The van der Waals surface area contributed by atoms with Crippen LogP contribution in [-0.4, -0.2) is 22.6 Å². The molecule has 2 heterocycles. The van der Waals surface area contributed by atoms with Gasteiger partial charge in [-0.05, 0) is 76.8 Å². The maximum absolute atomic E-state index is 13.5. The summed E-state index contributed by atoms with van der Waals surface area (Å²) in [7, 11) is 0. The average Bonchev–Trinajstić information content (AvgIpc) is 3.23. The molecule has 0 fully saturated rings. The van der Waals surface area contributed by atoms with Crippen molar-refractivity contribution in [1.82, 2.24) is 15.1 Å². The summed E-state index contributed by atoms with van der Waals surface area (Å²) in [4.78, 5) is 0. The Morgan fingerprint density at radius 2 is 1.94 bits per heavy atom. The fourth-order valence-corrected chi connectivity index (χ4v) is 3.96. The number of ether oxygens (including phenoxy) is 1. The number of aromatic nitrogens is 2. The van der Waals surface area contributed by atoms with Crippen molar-refractivity contribution in [3.8, 4) is 0 Å². The zero-order valence-electron chi connectivity index (χ0n) is 21.5. The molecule has 192 valence electrons. The molecule has 1 atom stereocenters. The zero-order valence-corrected chi connectivity index (χ0v) is 21.5. The van der Waals surface area contributed by atoms with Crippen molar-refractivity contribution in [2.75, 3.05) is 6.61 Å². The first-order chi connectivity index (χ1) is 16.7. The van der Waals surface area contributed by atoms with Crippen LogP contribution in [0.2, 0.25) is 0 Å². The van der Waals surface area contributed by atoms with Crippen molar-refractivity contribution < 1.29 is 17.9 Å². The second kappa shape index (κ2) is 13.8. The predicted molar refractivity (Wildman–Crippen MR) is 137 cm³/mol. The van der Waals surface area contributed by atoms with Crippen molar-refractivity contribution in [2.45, 2.75) is 79.1 Å². The highest BCUT2D eigenvalue weighted by Crippen LogP contribution is 2.32. The summed E-state index contributed by atoms with van der Waals surface area (Å²) in [6.07, 6.45) is 12.4. The van der Waals surface area contributed by atoms with Gasteiger partial charge in [0.05, 0.1) is 29.6 Å². The molecule has 1 aromatic rings. The molecule has 0 radical (unpaired) electrons. The number of aryl methyl sites for hydroxylation is 1. The first-order valence-corrected chi connectivity index (χ1v) is 12.4. The lowest BCUT2D eigenvalue weighted by atomic mass is 10.0. The number of allylic oxidation sites excluding steroid dienone is 11. The van der Waals surface area contributed by atoms with Gasteiger partial charge < -0.3 is 10.1 Å². The molecule has 0 saturated carbocycles. The van der Waals surface area contributed by atoms with Crippen molar-refractivity contribution in [3.05, 3.63) is 83.1 Å². The Labute approximate surface area is 207 Å². The third-order valence-corrected chi connectivity index (χ3v) is 5.46. The van der Waals surface area contributed by atoms with Gasteiger partial charge in [0.2, 0.25) is 0 Å². The highest BCUT2D eigenvalue weighted by Gasteiger charge is 2.32. The number of alkyl halides is 3. The lowest BCUT2D eigenvalue weighted by Gasteiger charge is -2.25. The average molecular weight is 490 g/mol. The minimum atomic E-state index is -4.41. The van der Waals surface area contributed by atoms with Crippen molar-refractivity contribution in [3.63, 3.8) is 0 Å². The number of rotatable bonds is 11. The zero-order chi connectivity index (χ0) is 25.8. The van der Waals surface area contributed by atoms with Crippen LogP contribution in [-0.2, 0) is 11.3 Å². The maximum atomic E-state index is 13.5. The fraction of sp³-hybridized carbons (Fsp3) is 0.464. The lowest BCUT2D eigenvalue weighted by molar-refractivity contribution is -0.0883. The van der Waals surface area contributed by atoms with Gasteiger partial charge in [-0.3, -0.25) is 4.68 Å². The van der Waals surface area contributed by atoms with Crippen molar-refractivity contribution in [1.29, 1.82) is 0 Å². The van der Waals surface area contributed by atoms with Crippen LogP contribution in [0.1, 0.15) is 77.7 Å². The molecule has 0 saturated heterocycles. The van der Waals surface area contributed by atoms with Crippen LogP contribution in [0.15, 0.2) is 71.7 Å². The molecule has 2 rings (SSSR count). The van der Waals surface area contributed by atoms with E-state index in [4.69, 9.17) is 4.74 Å². The molecule has 4 nitrogen and oxygen atoms in total. The molecule has 0 spiro atoms. The molecule has 1 aliphatic rings. The van der Waals surface area contributed by atoms with Gasteiger partial charge in [0, 0.05) is 17.8 Å². The Balaban J connectivity index is 2.29. The van der Waals surface area contributed by atoms with E-state index in [1.54, 1.807) is 26.0 Å². The molecule has 1 N–H and O–H groups in total. The van der Waals surface area contributed by atoms with Gasteiger partial charge in [0.25, 0.3) is 0 Å². The number of fused-ring (bicyclic) bond motifs is 1. The molecule has 1 unspecified atom stereocenters. The molecule has 0 bridgehead atoms. The Morgan fingerprint density at radius 1 is 1.20 bits per heavy atom. The van der Waals surface area contributed by atoms with E-state index in [9.17, 15) is 13.2 Å². The molecule has 7 heteroatoms. The third kappa shape index (κ3) is 8.64. The number of hydrogen-bond acceptors (Lipinski definition) is 3. The normalized spacial score (nSPS) is 18.5. The molecule has 0 aliphatic carbocycles. The summed E-state index contributed by atoms with van der Waals surface area (Å²) in [6.45, 7) is 10.9. The standard InChI is InChI=1S/C28H38F3N3O/c1-6-12-22(19-23(13-7-2)28(29,30)31)26-20-27-25(17-11-18-34(27)33-26)32-21(5)15-10-16-24(14-8-3)35-9-4/h6,10,12-16,19-20,25,32H,7-9,11,17-18H2,1-5H3/b12-6-,16-10-,21-15+,22-19+,23-13-,24-14-. The van der Waals surface area contributed by atoms with Gasteiger partial charge in [0.15, 0.2) is 0 Å². The van der Waals surface area contributed by atoms with Gasteiger partial charge in [-0.2, -0.15) is 18.3 Å². The number of halogens is 3. The molecular formula is C28H38F3N3O. The van der Waals surface area contributed by atoms with Crippen molar-refractivity contribution in [2.24, 2.45) is 0 Å². The Bertz CT molecular complexity index is 1010. The molecular weight excluding hydrogens is 451 g/mol. The van der Waals surface area contributed by atoms with Crippen molar-refractivity contribution >= 4 is 5.57 Å². The van der Waals surface area contributed by atoms with E-state index < -0.39 is 11.7 Å². The topological polar surface area (TPSA) is 39.1 Å². The van der Waals surface area contributed by atoms with Crippen LogP contribution in [0.25, 0.3) is 5.57 Å². The van der Waals surface area contributed by atoms with Gasteiger partial charge >= 0.3 is 6.18 Å². The van der Waals surface area contributed by atoms with E-state index in [0.717, 1.165) is 43.0 Å². The van der Waals surface area contributed by atoms with Crippen LogP contribution in [0, 0.1) is 0 Å². The Kier molecular flexibility index (Phi) is 11.2. The van der Waals surface area contributed by atoms with E-state index in [1.807, 2.05) is 48.9 Å². The molecule has 1 aliphatic heterocycles. The van der Waals surface area contributed by atoms with Crippen LogP contribution in [0.3, 0.4) is 0 Å². The largest absolute Gasteiger partial charge is 0.494 e. The highest BCUT2D eigenvalue weighted by atomic mass is 19.4. The number of nitrogens with zero attached hydrogens (tertiary/aromatic N) is 2. The second-order valence-electron chi connectivity index (χ2n) is 8.34. The van der Waals surface area contributed by atoms with E-state index >= 15 is 0 Å². The summed E-state index contributed by atoms with van der Waals surface area (Å²) >= 11 is 0. The van der Waals surface area contributed by atoms with Gasteiger partial charge in [-0.25, -0.2) is 0 Å². The maximum Gasteiger partial charge on any atom is 0.416 e. The van der Waals surface area contributed by atoms with Gasteiger partial charge in [0.1, 0.15) is 5.76 Å². The number of hydrogen-bond donors (Lipinski definition) is 1. The van der Waals surface area contributed by atoms with Crippen LogP contribution < -0.4 is 5.32 Å². The van der Waals surface area contributed by atoms with Crippen LogP contribution in [0.4, 0.5) is 13.2 Å². The van der Waals surface area contributed by atoms with E-state index in [0.29, 0.717) is 24.3 Å². The molecule has 1 aromatic heterocycles. The molecule has 0 aromatic carbocycles. The minimum Gasteiger partial charge on any atom is -0.494 e.